The Morgan fingerprint density at radius 1 is 1.17 bits per heavy atom. The first kappa shape index (κ1) is 16.8. The molecule has 2 rings (SSSR count). The van der Waals surface area contributed by atoms with E-state index in [1.54, 1.807) is 13.2 Å². The third-order valence-corrected chi connectivity index (χ3v) is 3.16. The Hall–Kier alpha value is -2.59. The Morgan fingerprint density at radius 3 is 2.70 bits per heavy atom. The molecule has 23 heavy (non-hydrogen) atoms. The number of nitrogens with one attached hydrogen (secondary N) is 1. The minimum absolute atomic E-state index is 0.213. The van der Waals surface area contributed by atoms with Crippen LogP contribution < -0.4 is 10.1 Å². The molecular weight excluding hydrogens is 290 g/mol. The number of carbonyl (C=O) groups is 1. The Balaban J connectivity index is 2.06. The summed E-state index contributed by atoms with van der Waals surface area (Å²) in [5, 5.41) is 2.83. The molecule has 0 unspecified atom stereocenters. The maximum atomic E-state index is 11.9. The van der Waals surface area contributed by atoms with Crippen LogP contribution in [0, 0.1) is 6.92 Å². The predicted octanol–water partition coefficient (Wildman–Crippen LogP) is 3.72. The lowest BCUT2D eigenvalue weighted by Crippen LogP contribution is -2.10. The second-order valence-corrected chi connectivity index (χ2v) is 5.12. The molecule has 0 aromatic heterocycles. The summed E-state index contributed by atoms with van der Waals surface area (Å²) >= 11 is 0. The van der Waals surface area contributed by atoms with Crippen molar-refractivity contribution in [2.75, 3.05) is 19.0 Å². The molecule has 0 fully saturated rings. The van der Waals surface area contributed by atoms with E-state index in [0.29, 0.717) is 24.7 Å². The zero-order valence-corrected chi connectivity index (χ0v) is 13.4. The molecule has 0 saturated carbocycles. The minimum atomic E-state index is -0.213. The van der Waals surface area contributed by atoms with Crippen LogP contribution in [-0.2, 0) is 16.1 Å². The van der Waals surface area contributed by atoms with Crippen LogP contribution in [0.4, 0.5) is 5.69 Å². The fourth-order valence-corrected chi connectivity index (χ4v) is 2.01. The normalized spacial score (nSPS) is 10.7. The molecule has 0 saturated heterocycles. The predicted molar refractivity (Wildman–Crippen MR) is 91.6 cm³/mol. The average Bonchev–Trinajstić information content (AvgIpc) is 2.56. The molecule has 0 aliphatic heterocycles. The van der Waals surface area contributed by atoms with Crippen LogP contribution in [0.3, 0.4) is 0 Å². The first-order valence-electron chi connectivity index (χ1n) is 7.43. The third kappa shape index (κ3) is 5.60. The van der Waals surface area contributed by atoms with E-state index in [9.17, 15) is 4.79 Å². The molecule has 0 bridgehead atoms. The van der Waals surface area contributed by atoms with Crippen molar-refractivity contribution in [2.45, 2.75) is 13.5 Å². The van der Waals surface area contributed by atoms with Crippen LogP contribution in [-0.4, -0.2) is 19.6 Å². The van der Waals surface area contributed by atoms with Crippen molar-refractivity contribution in [1.82, 2.24) is 0 Å². The summed E-state index contributed by atoms with van der Waals surface area (Å²) in [5.41, 5.74) is 2.80. The van der Waals surface area contributed by atoms with Gasteiger partial charge in [0.15, 0.2) is 0 Å². The Labute approximate surface area is 136 Å². The monoisotopic (exact) mass is 311 g/mol. The molecule has 0 spiro atoms. The minimum Gasteiger partial charge on any atom is -0.487 e. The number of hydrogen-bond acceptors (Lipinski definition) is 3. The van der Waals surface area contributed by atoms with E-state index < -0.39 is 0 Å². The van der Waals surface area contributed by atoms with Gasteiger partial charge in [-0.05, 0) is 30.2 Å². The molecule has 2 aromatic rings. The number of carbonyl (C=O) groups excluding carboxylic acids is 1. The lowest BCUT2D eigenvalue weighted by atomic mass is 10.2. The van der Waals surface area contributed by atoms with Crippen molar-refractivity contribution in [2.24, 2.45) is 0 Å². The zero-order valence-electron chi connectivity index (χ0n) is 13.4. The van der Waals surface area contributed by atoms with Crippen molar-refractivity contribution < 1.29 is 14.3 Å². The molecule has 0 atom stereocenters. The lowest BCUT2D eigenvalue weighted by molar-refractivity contribution is -0.112. The molecule has 0 heterocycles. The SMILES string of the molecule is COCC=CC(=O)Nc1ccc(C)cc1OCc1ccccc1. The summed E-state index contributed by atoms with van der Waals surface area (Å²) in [4.78, 5) is 11.9. The second-order valence-electron chi connectivity index (χ2n) is 5.12. The highest BCUT2D eigenvalue weighted by molar-refractivity contribution is 6.00. The van der Waals surface area contributed by atoms with E-state index >= 15 is 0 Å². The number of hydrogen-bond donors (Lipinski definition) is 1. The highest BCUT2D eigenvalue weighted by atomic mass is 16.5. The van der Waals surface area contributed by atoms with Gasteiger partial charge < -0.3 is 14.8 Å². The Morgan fingerprint density at radius 2 is 1.96 bits per heavy atom. The van der Waals surface area contributed by atoms with Crippen molar-refractivity contribution in [3.05, 3.63) is 71.8 Å². The van der Waals surface area contributed by atoms with E-state index in [1.807, 2.05) is 55.5 Å². The van der Waals surface area contributed by atoms with Crippen molar-refractivity contribution in [1.29, 1.82) is 0 Å². The van der Waals surface area contributed by atoms with Gasteiger partial charge in [0, 0.05) is 13.2 Å². The standard InChI is InChI=1S/C19H21NO3/c1-15-10-11-17(20-19(21)9-6-12-22-2)18(13-15)23-14-16-7-4-3-5-8-16/h3-11,13H,12,14H2,1-2H3,(H,20,21). The summed E-state index contributed by atoms with van der Waals surface area (Å²) < 4.78 is 10.7. The molecule has 4 heteroatoms. The summed E-state index contributed by atoms with van der Waals surface area (Å²) in [6, 6.07) is 15.6. The highest BCUT2D eigenvalue weighted by Gasteiger charge is 2.07. The quantitative estimate of drug-likeness (QED) is 0.793. The van der Waals surface area contributed by atoms with Gasteiger partial charge in [-0.15, -0.1) is 0 Å². The van der Waals surface area contributed by atoms with Crippen LogP contribution in [0.1, 0.15) is 11.1 Å². The molecule has 1 amide bonds. The molecule has 2 aromatic carbocycles. The number of benzene rings is 2. The lowest BCUT2D eigenvalue weighted by Gasteiger charge is -2.13. The van der Waals surface area contributed by atoms with Gasteiger partial charge in [0.2, 0.25) is 5.91 Å². The molecule has 4 nitrogen and oxygen atoms in total. The maximum absolute atomic E-state index is 11.9. The molecule has 0 aliphatic carbocycles. The van der Waals surface area contributed by atoms with Crippen molar-refractivity contribution in [3.8, 4) is 5.75 Å². The zero-order chi connectivity index (χ0) is 16.5. The molecule has 0 aliphatic rings. The average molecular weight is 311 g/mol. The van der Waals surface area contributed by atoms with Crippen LogP contribution in [0.5, 0.6) is 5.75 Å². The van der Waals surface area contributed by atoms with Crippen LogP contribution in [0.15, 0.2) is 60.7 Å². The van der Waals surface area contributed by atoms with E-state index in [1.165, 1.54) is 6.08 Å². The van der Waals surface area contributed by atoms with Gasteiger partial charge in [-0.3, -0.25) is 4.79 Å². The van der Waals surface area contributed by atoms with Gasteiger partial charge in [0.25, 0.3) is 0 Å². The molecule has 1 N–H and O–H groups in total. The van der Waals surface area contributed by atoms with E-state index in [2.05, 4.69) is 5.32 Å². The maximum Gasteiger partial charge on any atom is 0.248 e. The largest absolute Gasteiger partial charge is 0.487 e. The van der Waals surface area contributed by atoms with Crippen LogP contribution in [0.25, 0.3) is 0 Å². The number of aryl methyl sites for hydroxylation is 1. The number of amides is 1. The van der Waals surface area contributed by atoms with Crippen LogP contribution in [0.2, 0.25) is 0 Å². The summed E-state index contributed by atoms with van der Waals surface area (Å²) in [6.45, 7) is 2.84. The number of anilines is 1. The fourth-order valence-electron chi connectivity index (χ4n) is 2.01. The second kappa shape index (κ2) is 8.76. The van der Waals surface area contributed by atoms with Crippen LogP contribution >= 0.6 is 0 Å². The summed E-state index contributed by atoms with van der Waals surface area (Å²) in [5.74, 6) is 0.442. The topological polar surface area (TPSA) is 47.6 Å². The molecule has 0 radical (unpaired) electrons. The van der Waals surface area contributed by atoms with Gasteiger partial charge in [-0.1, -0.05) is 42.5 Å². The number of rotatable bonds is 7. The Bertz CT molecular complexity index is 666. The van der Waals surface area contributed by atoms with E-state index in [0.717, 1.165) is 11.1 Å². The summed E-state index contributed by atoms with van der Waals surface area (Å²) in [6.07, 6.45) is 3.11. The molecule has 120 valence electrons. The highest BCUT2D eigenvalue weighted by Crippen LogP contribution is 2.26. The fraction of sp³-hybridized carbons (Fsp3) is 0.211. The smallest absolute Gasteiger partial charge is 0.248 e. The van der Waals surface area contributed by atoms with Gasteiger partial charge in [-0.2, -0.15) is 0 Å². The number of methoxy groups -OCH3 is 1. The van der Waals surface area contributed by atoms with E-state index in [-0.39, 0.29) is 5.91 Å². The van der Waals surface area contributed by atoms with E-state index in [4.69, 9.17) is 9.47 Å². The Kier molecular flexibility index (Phi) is 6.39. The first-order chi connectivity index (χ1) is 11.2. The third-order valence-electron chi connectivity index (χ3n) is 3.16. The molecular formula is C19H21NO3. The summed E-state index contributed by atoms with van der Waals surface area (Å²) in [7, 11) is 1.58. The van der Waals surface area contributed by atoms with Gasteiger partial charge in [0.1, 0.15) is 12.4 Å². The van der Waals surface area contributed by atoms with Crippen molar-refractivity contribution >= 4 is 11.6 Å². The number of ether oxygens (including phenoxy) is 2. The van der Waals surface area contributed by atoms with Crippen molar-refractivity contribution in [3.63, 3.8) is 0 Å². The van der Waals surface area contributed by atoms with Gasteiger partial charge in [0.05, 0.1) is 12.3 Å². The first-order valence-corrected chi connectivity index (χ1v) is 7.43. The van der Waals surface area contributed by atoms with Gasteiger partial charge in [-0.25, -0.2) is 0 Å². The van der Waals surface area contributed by atoms with Gasteiger partial charge >= 0.3 is 0 Å².